The van der Waals surface area contributed by atoms with Crippen molar-refractivity contribution in [2.75, 3.05) is 10.6 Å². The number of hydrogen-bond donors (Lipinski definition) is 2. The van der Waals surface area contributed by atoms with E-state index >= 15 is 0 Å². The molecule has 1 aromatic heterocycles. The maximum absolute atomic E-state index is 12.0. The Morgan fingerprint density at radius 2 is 1.54 bits per heavy atom. The molecule has 3 aromatic rings. The number of amides is 1. The molecule has 2 aromatic carbocycles. The molecule has 0 saturated heterocycles. The summed E-state index contributed by atoms with van der Waals surface area (Å²) in [6.07, 6.45) is 3.98. The van der Waals surface area contributed by atoms with Gasteiger partial charge in [-0.1, -0.05) is 36.4 Å². The monoisotopic (exact) mass is 317 g/mol. The molecule has 4 nitrogen and oxygen atoms in total. The molecule has 4 heteroatoms. The summed E-state index contributed by atoms with van der Waals surface area (Å²) in [6.45, 7) is 0.716. The van der Waals surface area contributed by atoms with Crippen molar-refractivity contribution < 1.29 is 4.79 Å². The number of pyridine rings is 1. The van der Waals surface area contributed by atoms with Crippen LogP contribution in [0, 0.1) is 0 Å². The van der Waals surface area contributed by atoms with Crippen LogP contribution in [0.1, 0.15) is 11.1 Å². The molecular formula is C20H19N3O. The first-order chi connectivity index (χ1) is 11.8. The number of benzene rings is 2. The minimum absolute atomic E-state index is 0.0164. The minimum Gasteiger partial charge on any atom is -0.381 e. The Hall–Kier alpha value is -3.14. The number of nitrogens with one attached hydrogen (secondary N) is 2. The number of carbonyl (C=O) groups excluding carboxylic acids is 1. The molecule has 0 unspecified atom stereocenters. The van der Waals surface area contributed by atoms with Gasteiger partial charge in [-0.2, -0.15) is 0 Å². The molecule has 0 aliphatic heterocycles. The number of rotatable bonds is 6. The largest absolute Gasteiger partial charge is 0.381 e. The number of carbonyl (C=O) groups is 1. The van der Waals surface area contributed by atoms with Gasteiger partial charge in [0.25, 0.3) is 0 Å². The second-order valence-electron chi connectivity index (χ2n) is 5.50. The fraction of sp³-hybridized carbons (Fsp3) is 0.100. The van der Waals surface area contributed by atoms with Crippen molar-refractivity contribution in [3.63, 3.8) is 0 Å². The van der Waals surface area contributed by atoms with Gasteiger partial charge in [-0.05, 0) is 41.5 Å². The molecule has 0 aliphatic rings. The highest BCUT2D eigenvalue weighted by Crippen LogP contribution is 2.15. The fourth-order valence-electron chi connectivity index (χ4n) is 2.36. The summed E-state index contributed by atoms with van der Waals surface area (Å²) in [6, 6.07) is 21.4. The van der Waals surface area contributed by atoms with E-state index in [1.165, 1.54) is 0 Å². The summed E-state index contributed by atoms with van der Waals surface area (Å²) in [5, 5.41) is 6.24. The lowest BCUT2D eigenvalue weighted by molar-refractivity contribution is -0.115. The smallest absolute Gasteiger partial charge is 0.228 e. The van der Waals surface area contributed by atoms with Crippen molar-refractivity contribution in [2.45, 2.75) is 13.0 Å². The van der Waals surface area contributed by atoms with E-state index in [-0.39, 0.29) is 5.91 Å². The quantitative estimate of drug-likeness (QED) is 0.725. The summed E-state index contributed by atoms with van der Waals surface area (Å²) in [4.78, 5) is 16.1. The lowest BCUT2D eigenvalue weighted by Gasteiger charge is -2.09. The topological polar surface area (TPSA) is 54.0 Å². The summed E-state index contributed by atoms with van der Waals surface area (Å²) in [5.74, 6) is -0.0164. The third kappa shape index (κ3) is 4.68. The molecule has 0 spiro atoms. The van der Waals surface area contributed by atoms with E-state index in [0.29, 0.717) is 13.0 Å². The van der Waals surface area contributed by atoms with Gasteiger partial charge >= 0.3 is 0 Å². The van der Waals surface area contributed by atoms with E-state index < -0.39 is 0 Å². The number of aromatic nitrogens is 1. The number of nitrogens with zero attached hydrogens (tertiary/aromatic N) is 1. The van der Waals surface area contributed by atoms with Crippen LogP contribution in [0.15, 0.2) is 79.1 Å². The van der Waals surface area contributed by atoms with Crippen LogP contribution < -0.4 is 10.6 Å². The molecule has 0 saturated carbocycles. The Kier molecular flexibility index (Phi) is 5.20. The van der Waals surface area contributed by atoms with Crippen molar-refractivity contribution in [1.82, 2.24) is 4.98 Å². The molecule has 0 atom stereocenters. The third-order valence-corrected chi connectivity index (χ3v) is 3.60. The summed E-state index contributed by atoms with van der Waals surface area (Å²) >= 11 is 0. The van der Waals surface area contributed by atoms with Crippen molar-refractivity contribution in [1.29, 1.82) is 0 Å². The van der Waals surface area contributed by atoms with Gasteiger partial charge < -0.3 is 10.6 Å². The molecule has 0 radical (unpaired) electrons. The highest BCUT2D eigenvalue weighted by Gasteiger charge is 2.04. The first-order valence-electron chi connectivity index (χ1n) is 7.86. The van der Waals surface area contributed by atoms with E-state index in [4.69, 9.17) is 0 Å². The third-order valence-electron chi connectivity index (χ3n) is 3.60. The van der Waals surface area contributed by atoms with Crippen molar-refractivity contribution in [3.8, 4) is 0 Å². The Labute approximate surface area is 141 Å². The van der Waals surface area contributed by atoms with Gasteiger partial charge in [-0.3, -0.25) is 9.78 Å². The summed E-state index contributed by atoms with van der Waals surface area (Å²) in [5.41, 5.74) is 3.92. The Morgan fingerprint density at radius 3 is 2.25 bits per heavy atom. The van der Waals surface area contributed by atoms with Crippen LogP contribution in [0.4, 0.5) is 11.4 Å². The SMILES string of the molecule is O=C(Cc1ccccc1)Nc1ccc(NCc2cccnc2)cc1. The zero-order valence-corrected chi connectivity index (χ0v) is 13.3. The van der Waals surface area contributed by atoms with Crippen LogP contribution in [0.5, 0.6) is 0 Å². The second kappa shape index (κ2) is 7.92. The van der Waals surface area contributed by atoms with Gasteiger partial charge in [0.2, 0.25) is 5.91 Å². The lowest BCUT2D eigenvalue weighted by atomic mass is 10.1. The lowest BCUT2D eigenvalue weighted by Crippen LogP contribution is -2.14. The first-order valence-corrected chi connectivity index (χ1v) is 7.86. The predicted octanol–water partition coefficient (Wildman–Crippen LogP) is 3.87. The average Bonchev–Trinajstić information content (AvgIpc) is 2.63. The molecule has 1 amide bonds. The van der Waals surface area contributed by atoms with E-state index in [2.05, 4.69) is 15.6 Å². The fourth-order valence-corrected chi connectivity index (χ4v) is 2.36. The van der Waals surface area contributed by atoms with Gasteiger partial charge in [0.15, 0.2) is 0 Å². The van der Waals surface area contributed by atoms with Crippen LogP contribution in [-0.2, 0) is 17.8 Å². The van der Waals surface area contributed by atoms with Gasteiger partial charge in [-0.25, -0.2) is 0 Å². The maximum Gasteiger partial charge on any atom is 0.228 e. The molecular weight excluding hydrogens is 298 g/mol. The number of hydrogen-bond acceptors (Lipinski definition) is 3. The standard InChI is InChI=1S/C20H19N3O/c24-20(13-16-5-2-1-3-6-16)23-19-10-8-18(9-11-19)22-15-17-7-4-12-21-14-17/h1-12,14,22H,13,15H2,(H,23,24). The Bertz CT molecular complexity index is 771. The summed E-state index contributed by atoms with van der Waals surface area (Å²) in [7, 11) is 0. The number of anilines is 2. The molecule has 2 N–H and O–H groups in total. The van der Waals surface area contributed by atoms with Crippen molar-refractivity contribution in [2.24, 2.45) is 0 Å². The van der Waals surface area contributed by atoms with Crippen molar-refractivity contribution >= 4 is 17.3 Å². The Morgan fingerprint density at radius 1 is 0.833 bits per heavy atom. The normalized spacial score (nSPS) is 10.2. The summed E-state index contributed by atoms with van der Waals surface area (Å²) < 4.78 is 0. The van der Waals surface area contributed by atoms with Gasteiger partial charge in [0, 0.05) is 30.3 Å². The van der Waals surface area contributed by atoms with Crippen LogP contribution in [0.2, 0.25) is 0 Å². The van der Waals surface area contributed by atoms with Crippen LogP contribution in [0.3, 0.4) is 0 Å². The van der Waals surface area contributed by atoms with E-state index in [0.717, 1.165) is 22.5 Å². The minimum atomic E-state index is -0.0164. The average molecular weight is 317 g/mol. The van der Waals surface area contributed by atoms with E-state index in [9.17, 15) is 4.79 Å². The van der Waals surface area contributed by atoms with Crippen LogP contribution in [0.25, 0.3) is 0 Å². The highest BCUT2D eigenvalue weighted by molar-refractivity contribution is 5.92. The van der Waals surface area contributed by atoms with Crippen LogP contribution >= 0.6 is 0 Å². The van der Waals surface area contributed by atoms with Gasteiger partial charge in [0.05, 0.1) is 6.42 Å². The molecule has 0 aliphatic carbocycles. The molecule has 3 rings (SSSR count). The molecule has 120 valence electrons. The predicted molar refractivity (Wildman–Crippen MR) is 96.8 cm³/mol. The molecule has 0 fully saturated rings. The van der Waals surface area contributed by atoms with E-state index in [1.807, 2.05) is 72.9 Å². The maximum atomic E-state index is 12.0. The van der Waals surface area contributed by atoms with E-state index in [1.54, 1.807) is 6.20 Å². The van der Waals surface area contributed by atoms with Crippen molar-refractivity contribution in [3.05, 3.63) is 90.3 Å². The zero-order chi connectivity index (χ0) is 16.6. The Balaban J connectivity index is 1.51. The molecule has 24 heavy (non-hydrogen) atoms. The van der Waals surface area contributed by atoms with Gasteiger partial charge in [0.1, 0.15) is 0 Å². The molecule has 1 heterocycles. The second-order valence-corrected chi connectivity index (χ2v) is 5.50. The molecule has 0 bridgehead atoms. The first kappa shape index (κ1) is 15.7. The highest BCUT2D eigenvalue weighted by atomic mass is 16.1. The zero-order valence-electron chi connectivity index (χ0n) is 13.3. The van der Waals surface area contributed by atoms with Crippen LogP contribution in [-0.4, -0.2) is 10.9 Å². The van der Waals surface area contributed by atoms with Gasteiger partial charge in [-0.15, -0.1) is 0 Å².